The normalized spacial score (nSPS) is 11.4. The lowest BCUT2D eigenvalue weighted by atomic mass is 10.0. The van der Waals surface area contributed by atoms with Crippen molar-refractivity contribution in [2.75, 3.05) is 35.7 Å². The molecule has 0 fully saturated rings. The van der Waals surface area contributed by atoms with Crippen molar-refractivity contribution < 1.29 is 22.4 Å². The topological polar surface area (TPSA) is 93.2 Å². The molecule has 12 heteroatoms. The van der Waals surface area contributed by atoms with Gasteiger partial charge >= 0.3 is 6.18 Å². The SMILES string of the molecule is CCn1cc(-c2cccc(N(C=O)CCN(C)c3ccc(C(F)(F)F)cc3)c2F)c(-c2ccnc(N)n2)n1. The average Bonchev–Trinajstić information content (AvgIpc) is 3.33. The van der Waals surface area contributed by atoms with Gasteiger partial charge in [-0.05, 0) is 43.3 Å². The number of aromatic nitrogens is 4. The van der Waals surface area contributed by atoms with E-state index in [1.54, 1.807) is 41.0 Å². The number of hydrogen-bond donors (Lipinski definition) is 1. The first-order chi connectivity index (χ1) is 18.1. The van der Waals surface area contributed by atoms with Crippen molar-refractivity contribution in [3.05, 3.63) is 72.3 Å². The quantitative estimate of drug-likeness (QED) is 0.247. The zero-order valence-corrected chi connectivity index (χ0v) is 20.7. The Hall–Kier alpha value is -4.48. The summed E-state index contributed by atoms with van der Waals surface area (Å²) in [6.07, 6.45) is -0.730. The summed E-state index contributed by atoms with van der Waals surface area (Å²) in [7, 11) is 1.68. The number of alkyl halides is 3. The summed E-state index contributed by atoms with van der Waals surface area (Å²) in [5.41, 5.74) is 7.09. The minimum Gasteiger partial charge on any atom is -0.373 e. The number of benzene rings is 2. The first-order valence-electron chi connectivity index (χ1n) is 11.7. The lowest BCUT2D eigenvalue weighted by Gasteiger charge is -2.25. The molecule has 0 unspecified atom stereocenters. The molecule has 2 N–H and O–H groups in total. The van der Waals surface area contributed by atoms with Gasteiger partial charge < -0.3 is 15.5 Å². The van der Waals surface area contributed by atoms with Gasteiger partial charge in [0.1, 0.15) is 5.69 Å². The van der Waals surface area contributed by atoms with E-state index in [-0.39, 0.29) is 30.3 Å². The standard InChI is InChI=1S/C26H25F4N7O/c1-3-37-15-20(24(34-37)21-11-12-32-25(31)33-21)19-5-4-6-22(23(19)27)36(16-38)14-13-35(2)18-9-7-17(8-10-18)26(28,29)30/h4-12,15-16H,3,13-14H2,1-2H3,(H2,31,32,33). The van der Waals surface area contributed by atoms with Gasteiger partial charge in [-0.3, -0.25) is 9.48 Å². The number of anilines is 3. The third-order valence-corrected chi connectivity index (χ3v) is 6.02. The molecule has 0 aliphatic rings. The second-order valence-electron chi connectivity index (χ2n) is 8.45. The lowest BCUT2D eigenvalue weighted by molar-refractivity contribution is -0.137. The van der Waals surface area contributed by atoms with Gasteiger partial charge in [-0.2, -0.15) is 18.3 Å². The molecule has 0 bridgehead atoms. The van der Waals surface area contributed by atoms with Crippen LogP contribution in [0.3, 0.4) is 0 Å². The first kappa shape index (κ1) is 26.6. The van der Waals surface area contributed by atoms with Crippen LogP contribution < -0.4 is 15.5 Å². The molecule has 4 rings (SSSR count). The number of nitrogens with two attached hydrogens (primary N) is 1. The maximum atomic E-state index is 15.9. The average molecular weight is 528 g/mol. The highest BCUT2D eigenvalue weighted by molar-refractivity contribution is 5.84. The summed E-state index contributed by atoms with van der Waals surface area (Å²) in [5, 5.41) is 4.51. The third-order valence-electron chi connectivity index (χ3n) is 6.02. The number of carbonyl (C=O) groups is 1. The fraction of sp³-hybridized carbons (Fsp3) is 0.231. The predicted molar refractivity (Wildman–Crippen MR) is 137 cm³/mol. The van der Waals surface area contributed by atoms with E-state index in [2.05, 4.69) is 15.1 Å². The van der Waals surface area contributed by atoms with Crippen LogP contribution in [0.25, 0.3) is 22.5 Å². The highest BCUT2D eigenvalue weighted by atomic mass is 19.4. The summed E-state index contributed by atoms with van der Waals surface area (Å²) in [4.78, 5) is 23.0. The van der Waals surface area contributed by atoms with Crippen LogP contribution in [0.4, 0.5) is 34.9 Å². The van der Waals surface area contributed by atoms with E-state index < -0.39 is 17.6 Å². The van der Waals surface area contributed by atoms with Gasteiger partial charge in [0.15, 0.2) is 5.82 Å². The molecule has 38 heavy (non-hydrogen) atoms. The minimum absolute atomic E-state index is 0.0516. The molecule has 1 amide bonds. The van der Waals surface area contributed by atoms with Crippen molar-refractivity contribution in [3.63, 3.8) is 0 Å². The molecule has 0 radical (unpaired) electrons. The number of carbonyl (C=O) groups excluding carboxylic acids is 1. The maximum absolute atomic E-state index is 15.9. The van der Waals surface area contributed by atoms with E-state index >= 15 is 4.39 Å². The van der Waals surface area contributed by atoms with Crippen molar-refractivity contribution in [2.45, 2.75) is 19.6 Å². The van der Waals surface area contributed by atoms with Crippen LogP contribution in [0, 0.1) is 5.82 Å². The molecule has 0 saturated carbocycles. The Morgan fingerprint density at radius 3 is 2.42 bits per heavy atom. The van der Waals surface area contributed by atoms with Gasteiger partial charge in [0.05, 0.1) is 16.9 Å². The number of likely N-dealkylation sites (N-methyl/N-ethyl adjacent to an activating group) is 1. The Bertz CT molecular complexity index is 1420. The number of nitrogen functional groups attached to an aromatic ring is 1. The van der Waals surface area contributed by atoms with Crippen LogP contribution in [0.2, 0.25) is 0 Å². The van der Waals surface area contributed by atoms with E-state index in [1.165, 1.54) is 29.3 Å². The van der Waals surface area contributed by atoms with E-state index in [0.717, 1.165) is 12.1 Å². The molecule has 0 spiro atoms. The van der Waals surface area contributed by atoms with Gasteiger partial charge in [-0.15, -0.1) is 0 Å². The Kier molecular flexibility index (Phi) is 7.60. The molecule has 0 aliphatic carbocycles. The fourth-order valence-electron chi connectivity index (χ4n) is 3.95. The third kappa shape index (κ3) is 5.58. The van der Waals surface area contributed by atoms with Crippen LogP contribution in [-0.2, 0) is 17.5 Å². The van der Waals surface area contributed by atoms with E-state index in [4.69, 9.17) is 5.73 Å². The molecule has 2 aromatic heterocycles. The zero-order chi connectivity index (χ0) is 27.4. The number of hydrogen-bond acceptors (Lipinski definition) is 6. The number of aryl methyl sites for hydroxylation is 1. The molecule has 0 atom stereocenters. The smallest absolute Gasteiger partial charge is 0.373 e. The summed E-state index contributed by atoms with van der Waals surface area (Å²) in [5.74, 6) is -0.575. The van der Waals surface area contributed by atoms with Gasteiger partial charge in [0.25, 0.3) is 0 Å². The molecular weight excluding hydrogens is 502 g/mol. The van der Waals surface area contributed by atoms with Crippen molar-refractivity contribution >= 4 is 23.7 Å². The second-order valence-corrected chi connectivity index (χ2v) is 8.45. The summed E-state index contributed by atoms with van der Waals surface area (Å²) < 4.78 is 56.1. The number of amides is 1. The maximum Gasteiger partial charge on any atom is 0.416 e. The molecule has 198 valence electrons. The molecule has 2 aromatic carbocycles. The number of halogens is 4. The van der Waals surface area contributed by atoms with E-state index in [9.17, 15) is 18.0 Å². The minimum atomic E-state index is -4.43. The summed E-state index contributed by atoms with van der Waals surface area (Å²) >= 11 is 0. The Morgan fingerprint density at radius 1 is 1.05 bits per heavy atom. The molecule has 0 aliphatic heterocycles. The van der Waals surface area contributed by atoms with Crippen molar-refractivity contribution in [1.29, 1.82) is 0 Å². The van der Waals surface area contributed by atoms with Gasteiger partial charge in [0, 0.05) is 55.9 Å². The number of rotatable bonds is 9. The molecule has 8 nitrogen and oxygen atoms in total. The highest BCUT2D eigenvalue weighted by Gasteiger charge is 2.30. The van der Waals surface area contributed by atoms with Gasteiger partial charge in [-0.1, -0.05) is 12.1 Å². The second kappa shape index (κ2) is 10.9. The van der Waals surface area contributed by atoms with Crippen LogP contribution in [0.15, 0.2) is 60.9 Å². The van der Waals surface area contributed by atoms with E-state index in [0.29, 0.717) is 35.6 Å². The van der Waals surface area contributed by atoms with Crippen LogP contribution in [0.5, 0.6) is 0 Å². The summed E-state index contributed by atoms with van der Waals surface area (Å²) in [6.45, 7) is 2.76. The lowest BCUT2D eigenvalue weighted by Crippen LogP contribution is -2.33. The van der Waals surface area contributed by atoms with Crippen LogP contribution >= 0.6 is 0 Å². The first-order valence-corrected chi connectivity index (χ1v) is 11.7. The van der Waals surface area contributed by atoms with Crippen LogP contribution in [-0.4, -0.2) is 46.3 Å². The highest BCUT2D eigenvalue weighted by Crippen LogP contribution is 2.35. The van der Waals surface area contributed by atoms with Crippen LogP contribution in [0.1, 0.15) is 12.5 Å². The van der Waals surface area contributed by atoms with Gasteiger partial charge in [0.2, 0.25) is 12.4 Å². The number of nitrogens with zero attached hydrogens (tertiary/aromatic N) is 6. The Balaban J connectivity index is 1.60. The molecular formula is C26H25F4N7O. The Morgan fingerprint density at radius 2 is 1.79 bits per heavy atom. The van der Waals surface area contributed by atoms with E-state index in [1.807, 2.05) is 6.92 Å². The molecule has 4 aromatic rings. The monoisotopic (exact) mass is 527 g/mol. The predicted octanol–water partition coefficient (Wildman–Crippen LogP) is 4.87. The fourth-order valence-corrected chi connectivity index (χ4v) is 3.95. The van der Waals surface area contributed by atoms with Crippen molar-refractivity contribution in [3.8, 4) is 22.5 Å². The molecule has 0 saturated heterocycles. The largest absolute Gasteiger partial charge is 0.416 e. The zero-order valence-electron chi connectivity index (χ0n) is 20.7. The summed E-state index contributed by atoms with van der Waals surface area (Å²) in [6, 6.07) is 11.0. The molecule has 2 heterocycles. The van der Waals surface area contributed by atoms with Crippen molar-refractivity contribution in [2.24, 2.45) is 0 Å². The Labute approximate surface area is 216 Å². The van der Waals surface area contributed by atoms with Crippen molar-refractivity contribution in [1.82, 2.24) is 19.7 Å². The van der Waals surface area contributed by atoms with Gasteiger partial charge in [-0.25, -0.2) is 14.4 Å².